The molecule has 136 valence electrons. The van der Waals surface area contributed by atoms with Crippen LogP contribution >= 0.6 is 0 Å². The summed E-state index contributed by atoms with van der Waals surface area (Å²) < 4.78 is 6.87. The van der Waals surface area contributed by atoms with E-state index in [9.17, 15) is 9.90 Å². The molecule has 0 aliphatic carbocycles. The number of urea groups is 1. The molecule has 2 rings (SSSR count). The molecule has 1 aromatic carbocycles. The van der Waals surface area contributed by atoms with Gasteiger partial charge in [0.2, 0.25) is 0 Å². The summed E-state index contributed by atoms with van der Waals surface area (Å²) in [6.45, 7) is 4.95. The van der Waals surface area contributed by atoms with Crippen LogP contribution in [-0.4, -0.2) is 46.5 Å². The highest BCUT2D eigenvalue weighted by Gasteiger charge is 2.12. The third kappa shape index (κ3) is 4.43. The van der Waals surface area contributed by atoms with E-state index in [4.69, 9.17) is 4.74 Å². The Morgan fingerprint density at radius 2 is 2.12 bits per heavy atom. The average Bonchev–Trinajstić information content (AvgIpc) is 2.81. The lowest BCUT2D eigenvalue weighted by molar-refractivity contribution is 0.207. The second kappa shape index (κ2) is 7.92. The van der Waals surface area contributed by atoms with Crippen LogP contribution in [0.25, 0.3) is 0 Å². The van der Waals surface area contributed by atoms with Crippen LogP contribution in [0.4, 0.5) is 4.79 Å². The maximum atomic E-state index is 12.2. The molecule has 25 heavy (non-hydrogen) atoms. The van der Waals surface area contributed by atoms with E-state index in [0.717, 1.165) is 23.4 Å². The molecule has 0 spiro atoms. The number of nitrogens with zero attached hydrogens (tertiary/aromatic N) is 3. The van der Waals surface area contributed by atoms with Gasteiger partial charge >= 0.3 is 6.03 Å². The van der Waals surface area contributed by atoms with Crippen molar-refractivity contribution in [3.05, 3.63) is 40.7 Å². The standard InChI is InChI=1S/C18H26N4O3/c1-12-15(13(2)22(4)20-12)8-9-19-18(24)21(3)11-14-6-7-17(25-5)16(23)10-14/h6-7,10,23H,8-9,11H2,1-5H3,(H,19,24). The largest absolute Gasteiger partial charge is 0.504 e. The number of aryl methyl sites for hydroxylation is 2. The fourth-order valence-electron chi connectivity index (χ4n) is 2.79. The van der Waals surface area contributed by atoms with E-state index in [2.05, 4.69) is 10.4 Å². The van der Waals surface area contributed by atoms with E-state index in [1.54, 1.807) is 24.1 Å². The summed E-state index contributed by atoms with van der Waals surface area (Å²) in [6.07, 6.45) is 0.744. The van der Waals surface area contributed by atoms with Crippen molar-refractivity contribution in [1.82, 2.24) is 20.0 Å². The predicted molar refractivity (Wildman–Crippen MR) is 95.9 cm³/mol. The molecule has 0 saturated carbocycles. The van der Waals surface area contributed by atoms with Crippen LogP contribution < -0.4 is 10.1 Å². The van der Waals surface area contributed by atoms with Gasteiger partial charge in [0.25, 0.3) is 0 Å². The first-order valence-electron chi connectivity index (χ1n) is 8.17. The molecule has 0 atom stereocenters. The molecule has 7 heteroatoms. The van der Waals surface area contributed by atoms with Crippen LogP contribution in [0.15, 0.2) is 18.2 Å². The molecular formula is C18H26N4O3. The zero-order valence-corrected chi connectivity index (χ0v) is 15.5. The first kappa shape index (κ1) is 18.6. The molecular weight excluding hydrogens is 320 g/mol. The van der Waals surface area contributed by atoms with Gasteiger partial charge in [-0.2, -0.15) is 5.10 Å². The Morgan fingerprint density at radius 3 is 2.68 bits per heavy atom. The predicted octanol–water partition coefficient (Wildman–Crippen LogP) is 2.14. The maximum Gasteiger partial charge on any atom is 0.317 e. The van der Waals surface area contributed by atoms with Crippen LogP contribution in [-0.2, 0) is 20.0 Å². The normalized spacial score (nSPS) is 10.6. The van der Waals surface area contributed by atoms with Crippen LogP contribution in [0, 0.1) is 13.8 Å². The number of carbonyl (C=O) groups excluding carboxylic acids is 1. The van der Waals surface area contributed by atoms with E-state index < -0.39 is 0 Å². The van der Waals surface area contributed by atoms with Crippen molar-refractivity contribution in [3.8, 4) is 11.5 Å². The van der Waals surface area contributed by atoms with Crippen molar-refractivity contribution in [2.45, 2.75) is 26.8 Å². The summed E-state index contributed by atoms with van der Waals surface area (Å²) in [7, 11) is 5.14. The van der Waals surface area contributed by atoms with Gasteiger partial charge < -0.3 is 20.1 Å². The number of ether oxygens (including phenoxy) is 1. The van der Waals surface area contributed by atoms with E-state index in [1.165, 1.54) is 12.7 Å². The number of methoxy groups -OCH3 is 1. The summed E-state index contributed by atoms with van der Waals surface area (Å²) in [5.41, 5.74) is 4.12. The molecule has 7 nitrogen and oxygen atoms in total. The Bertz CT molecular complexity index is 755. The Kier molecular flexibility index (Phi) is 5.90. The Balaban J connectivity index is 1.87. The Hall–Kier alpha value is -2.70. The number of phenols is 1. The number of phenolic OH excluding ortho intramolecular Hbond substituents is 1. The summed E-state index contributed by atoms with van der Waals surface area (Å²) in [6, 6.07) is 4.95. The molecule has 2 N–H and O–H groups in total. The van der Waals surface area contributed by atoms with Crippen molar-refractivity contribution in [1.29, 1.82) is 0 Å². The highest BCUT2D eigenvalue weighted by Crippen LogP contribution is 2.26. The number of rotatable bonds is 6. The van der Waals surface area contributed by atoms with Gasteiger partial charge in [-0.1, -0.05) is 6.07 Å². The lowest BCUT2D eigenvalue weighted by Gasteiger charge is -2.18. The van der Waals surface area contributed by atoms with Crippen LogP contribution in [0.2, 0.25) is 0 Å². The van der Waals surface area contributed by atoms with Gasteiger partial charge in [0, 0.05) is 32.9 Å². The van der Waals surface area contributed by atoms with Gasteiger partial charge in [0.05, 0.1) is 12.8 Å². The van der Waals surface area contributed by atoms with E-state index in [-0.39, 0.29) is 11.8 Å². The number of aromatic hydroxyl groups is 1. The second-order valence-electron chi connectivity index (χ2n) is 6.12. The van der Waals surface area contributed by atoms with E-state index >= 15 is 0 Å². The number of nitrogens with one attached hydrogen (secondary N) is 1. The molecule has 0 fully saturated rings. The maximum absolute atomic E-state index is 12.2. The zero-order valence-electron chi connectivity index (χ0n) is 15.5. The summed E-state index contributed by atoms with van der Waals surface area (Å²) in [5, 5.41) is 17.1. The second-order valence-corrected chi connectivity index (χ2v) is 6.12. The highest BCUT2D eigenvalue weighted by molar-refractivity contribution is 5.73. The van der Waals surface area contributed by atoms with Gasteiger partial charge in [-0.05, 0) is 43.5 Å². The quantitative estimate of drug-likeness (QED) is 0.840. The summed E-state index contributed by atoms with van der Waals surface area (Å²) in [5.74, 6) is 0.481. The van der Waals surface area contributed by atoms with Crippen molar-refractivity contribution >= 4 is 6.03 Å². The number of benzene rings is 1. The minimum atomic E-state index is -0.158. The van der Waals surface area contributed by atoms with Crippen molar-refractivity contribution in [3.63, 3.8) is 0 Å². The molecule has 2 amide bonds. The highest BCUT2D eigenvalue weighted by atomic mass is 16.5. The van der Waals surface area contributed by atoms with Gasteiger partial charge in [0.15, 0.2) is 11.5 Å². The SMILES string of the molecule is COc1ccc(CN(C)C(=O)NCCc2c(C)nn(C)c2C)cc1O. The number of hydrogen-bond donors (Lipinski definition) is 2. The molecule has 0 radical (unpaired) electrons. The molecule has 0 saturated heterocycles. The van der Waals surface area contributed by atoms with Gasteiger partial charge in [-0.3, -0.25) is 4.68 Å². The summed E-state index contributed by atoms with van der Waals surface area (Å²) in [4.78, 5) is 13.8. The molecule has 0 aliphatic rings. The minimum Gasteiger partial charge on any atom is -0.504 e. The molecule has 0 unspecified atom stereocenters. The molecule has 1 aromatic heterocycles. The third-order valence-electron chi connectivity index (χ3n) is 4.32. The topological polar surface area (TPSA) is 79.6 Å². The van der Waals surface area contributed by atoms with Crippen molar-refractivity contribution < 1.29 is 14.6 Å². The van der Waals surface area contributed by atoms with E-state index in [0.29, 0.717) is 18.8 Å². The van der Waals surface area contributed by atoms with Crippen molar-refractivity contribution in [2.75, 3.05) is 20.7 Å². The molecule has 2 aromatic rings. The Labute approximate surface area is 148 Å². The molecule has 1 heterocycles. The third-order valence-corrected chi connectivity index (χ3v) is 4.32. The first-order chi connectivity index (χ1) is 11.8. The van der Waals surface area contributed by atoms with Crippen LogP contribution in [0.5, 0.6) is 11.5 Å². The monoisotopic (exact) mass is 346 g/mol. The molecule has 0 bridgehead atoms. The van der Waals surface area contributed by atoms with Crippen molar-refractivity contribution in [2.24, 2.45) is 7.05 Å². The number of carbonyl (C=O) groups is 1. The molecule has 0 aliphatic heterocycles. The first-order valence-corrected chi connectivity index (χ1v) is 8.17. The minimum absolute atomic E-state index is 0.0661. The van der Waals surface area contributed by atoms with E-state index in [1.807, 2.05) is 31.6 Å². The van der Waals surface area contributed by atoms with Crippen LogP contribution in [0.3, 0.4) is 0 Å². The summed E-state index contributed by atoms with van der Waals surface area (Å²) >= 11 is 0. The number of amides is 2. The average molecular weight is 346 g/mol. The fraction of sp³-hybridized carbons (Fsp3) is 0.444. The number of hydrogen-bond acceptors (Lipinski definition) is 4. The van der Waals surface area contributed by atoms with Gasteiger partial charge in [-0.25, -0.2) is 4.79 Å². The number of aromatic nitrogens is 2. The Morgan fingerprint density at radius 1 is 1.40 bits per heavy atom. The zero-order chi connectivity index (χ0) is 18.6. The fourth-order valence-corrected chi connectivity index (χ4v) is 2.79. The lowest BCUT2D eigenvalue weighted by atomic mass is 10.1. The van der Waals surface area contributed by atoms with Crippen LogP contribution in [0.1, 0.15) is 22.5 Å². The lowest BCUT2D eigenvalue weighted by Crippen LogP contribution is -2.37. The smallest absolute Gasteiger partial charge is 0.317 e. The van der Waals surface area contributed by atoms with Gasteiger partial charge in [-0.15, -0.1) is 0 Å². The van der Waals surface area contributed by atoms with Gasteiger partial charge in [0.1, 0.15) is 0 Å².